The summed E-state index contributed by atoms with van der Waals surface area (Å²) in [5, 5.41) is 0. The molecule has 0 aromatic carbocycles. The van der Waals surface area contributed by atoms with E-state index in [1.807, 2.05) is 21.1 Å². The van der Waals surface area contributed by atoms with E-state index in [0.717, 1.165) is 61.4 Å². The maximum Gasteiger partial charge on any atom is 0.268 e. The van der Waals surface area contributed by atoms with Gasteiger partial charge < -0.3 is 23.2 Å². The van der Waals surface area contributed by atoms with Crippen molar-refractivity contribution in [3.05, 3.63) is 11.6 Å². The van der Waals surface area contributed by atoms with E-state index in [9.17, 15) is 9.46 Å². The van der Waals surface area contributed by atoms with Gasteiger partial charge in [-0.3, -0.25) is 4.57 Å². The predicted molar refractivity (Wildman–Crippen MR) is 211 cm³/mol. The van der Waals surface area contributed by atoms with Crippen molar-refractivity contribution >= 4 is 7.82 Å². The molecule has 0 bridgehead atoms. The van der Waals surface area contributed by atoms with Crippen LogP contribution in [0.5, 0.6) is 0 Å². The van der Waals surface area contributed by atoms with Gasteiger partial charge in [0.15, 0.2) is 0 Å². The maximum atomic E-state index is 11.9. The third-order valence-electron chi connectivity index (χ3n) is 14.4. The quantitative estimate of drug-likeness (QED) is 0.0427. The zero-order chi connectivity index (χ0) is 37.1. The third-order valence-corrected chi connectivity index (χ3v) is 15.4. The fourth-order valence-electron chi connectivity index (χ4n) is 11.3. The highest BCUT2D eigenvalue weighted by Gasteiger charge is 2.59. The topological polar surface area (TPSA) is 67.8 Å². The molecule has 0 spiro atoms. The van der Waals surface area contributed by atoms with Crippen molar-refractivity contribution in [2.45, 2.75) is 176 Å². The van der Waals surface area contributed by atoms with Crippen LogP contribution in [0.1, 0.15) is 169 Å². The number of phosphoric ester groups is 1. The van der Waals surface area contributed by atoms with Crippen LogP contribution in [0.25, 0.3) is 0 Å². The highest BCUT2D eigenvalue weighted by Crippen LogP contribution is 2.67. The number of fused-ring (bicyclic) bond motifs is 5. The molecule has 298 valence electrons. The summed E-state index contributed by atoms with van der Waals surface area (Å²) in [4.78, 5) is 11.9. The molecular weight excluding hydrogens is 653 g/mol. The summed E-state index contributed by atoms with van der Waals surface area (Å²) in [6.07, 6.45) is 30.2. The number of nitrogens with zero attached hydrogens (tertiary/aromatic N) is 1. The van der Waals surface area contributed by atoms with Gasteiger partial charge in [-0.15, -0.1) is 0 Å². The average molecular weight is 736 g/mol. The molecule has 0 amide bonds. The molecule has 6 nitrogen and oxygen atoms in total. The number of likely N-dealkylation sites (N-methyl/N-ethyl adjacent to an activating group) is 1. The van der Waals surface area contributed by atoms with E-state index in [0.29, 0.717) is 28.0 Å². The highest BCUT2D eigenvalue weighted by atomic mass is 31.2. The third kappa shape index (κ3) is 12.9. The van der Waals surface area contributed by atoms with Crippen LogP contribution in [0.15, 0.2) is 11.6 Å². The summed E-state index contributed by atoms with van der Waals surface area (Å²) in [7, 11) is 1.85. The molecule has 4 rings (SSSR count). The van der Waals surface area contributed by atoms with Gasteiger partial charge in [-0.25, -0.2) is 0 Å². The lowest BCUT2D eigenvalue weighted by molar-refractivity contribution is -0.870. The second-order valence-corrected chi connectivity index (χ2v) is 21.1. The standard InChI is InChI=1S/C44H82NO5P/c1-35(2)20-19-21-36(3)40-24-25-41-39-23-22-37-34-38(26-28-43(37,4)42(39)27-29-44(40,41)5)48-31-17-15-13-11-9-10-12-14-16-18-32-49-51(46,47)50-33-30-45(6,7)8/h22,35-36,38-42H,9-21,23-34H2,1-8H3/t36-,38+,39+,40-,41+,42+,43+,44-/m1/s1. The Labute approximate surface area is 315 Å². The van der Waals surface area contributed by atoms with Crippen molar-refractivity contribution in [1.82, 2.24) is 0 Å². The van der Waals surface area contributed by atoms with E-state index in [4.69, 9.17) is 13.8 Å². The van der Waals surface area contributed by atoms with Crippen LogP contribution >= 0.6 is 7.82 Å². The van der Waals surface area contributed by atoms with Crippen molar-refractivity contribution in [2.75, 3.05) is 47.5 Å². The molecule has 0 aromatic heterocycles. The van der Waals surface area contributed by atoms with Crippen LogP contribution < -0.4 is 4.89 Å². The Hall–Kier alpha value is -0.230. The Bertz CT molecular complexity index is 1100. The van der Waals surface area contributed by atoms with Crippen molar-refractivity contribution in [2.24, 2.45) is 46.3 Å². The van der Waals surface area contributed by atoms with E-state index >= 15 is 0 Å². The van der Waals surface area contributed by atoms with Gasteiger partial charge in [0.25, 0.3) is 7.82 Å². The Balaban J connectivity index is 1.03. The van der Waals surface area contributed by atoms with Gasteiger partial charge in [0.2, 0.25) is 0 Å². The molecule has 0 N–H and O–H groups in total. The van der Waals surface area contributed by atoms with E-state index in [1.165, 1.54) is 116 Å². The van der Waals surface area contributed by atoms with Crippen LogP contribution in [-0.4, -0.2) is 58.1 Å². The van der Waals surface area contributed by atoms with Crippen LogP contribution in [0, 0.1) is 46.3 Å². The van der Waals surface area contributed by atoms with Gasteiger partial charge in [-0.05, 0) is 111 Å². The van der Waals surface area contributed by atoms with Gasteiger partial charge in [-0.1, -0.05) is 117 Å². The minimum absolute atomic E-state index is 0.162. The predicted octanol–water partition coefficient (Wildman–Crippen LogP) is 11.5. The number of quaternary nitrogens is 1. The number of ether oxygens (including phenoxy) is 1. The molecule has 1 unspecified atom stereocenters. The van der Waals surface area contributed by atoms with Crippen molar-refractivity contribution in [3.63, 3.8) is 0 Å². The first-order valence-electron chi connectivity index (χ1n) is 21.9. The Morgan fingerprint density at radius 2 is 1.41 bits per heavy atom. The molecule has 0 aliphatic heterocycles. The van der Waals surface area contributed by atoms with Crippen molar-refractivity contribution < 1.29 is 27.7 Å². The fraction of sp³-hybridized carbons (Fsp3) is 0.955. The van der Waals surface area contributed by atoms with Crippen LogP contribution in [0.2, 0.25) is 0 Å². The van der Waals surface area contributed by atoms with E-state index in [-0.39, 0.29) is 13.2 Å². The van der Waals surface area contributed by atoms with Crippen LogP contribution in [-0.2, 0) is 18.3 Å². The van der Waals surface area contributed by atoms with E-state index in [1.54, 1.807) is 5.57 Å². The van der Waals surface area contributed by atoms with Crippen molar-refractivity contribution in [1.29, 1.82) is 0 Å². The van der Waals surface area contributed by atoms with Gasteiger partial charge in [0.05, 0.1) is 33.9 Å². The zero-order valence-electron chi connectivity index (χ0n) is 34.7. The summed E-state index contributed by atoms with van der Waals surface area (Å²) in [5.41, 5.74) is 2.76. The van der Waals surface area contributed by atoms with Gasteiger partial charge in [-0.2, -0.15) is 0 Å². The second kappa shape index (κ2) is 20.1. The van der Waals surface area contributed by atoms with Crippen LogP contribution in [0.3, 0.4) is 0 Å². The largest absolute Gasteiger partial charge is 0.756 e. The first-order chi connectivity index (χ1) is 24.1. The number of phosphoric acid groups is 1. The Kier molecular flexibility index (Phi) is 17.1. The van der Waals surface area contributed by atoms with Crippen LogP contribution in [0.4, 0.5) is 0 Å². The number of rotatable bonds is 24. The monoisotopic (exact) mass is 736 g/mol. The molecule has 0 heterocycles. The molecule has 0 aromatic rings. The Morgan fingerprint density at radius 3 is 2.06 bits per heavy atom. The highest BCUT2D eigenvalue weighted by molar-refractivity contribution is 7.45. The number of hydrogen-bond donors (Lipinski definition) is 0. The fourth-order valence-corrected chi connectivity index (χ4v) is 12.0. The molecule has 4 aliphatic rings. The minimum atomic E-state index is -4.17. The molecule has 4 aliphatic carbocycles. The Morgan fingerprint density at radius 1 is 0.784 bits per heavy atom. The summed E-state index contributed by atoms with van der Waals surface area (Å²) < 4.78 is 29.0. The van der Waals surface area contributed by atoms with E-state index in [2.05, 4.69) is 40.7 Å². The molecule has 51 heavy (non-hydrogen) atoms. The molecular formula is C44H82NO5P. The molecule has 0 saturated heterocycles. The maximum absolute atomic E-state index is 11.9. The van der Waals surface area contributed by atoms with Gasteiger partial charge >= 0.3 is 0 Å². The lowest BCUT2D eigenvalue weighted by atomic mass is 9.47. The zero-order valence-corrected chi connectivity index (χ0v) is 35.6. The lowest BCUT2D eigenvalue weighted by Crippen LogP contribution is -2.51. The summed E-state index contributed by atoms with van der Waals surface area (Å²) in [6, 6.07) is 0. The smallest absolute Gasteiger partial charge is 0.268 e. The van der Waals surface area contributed by atoms with Crippen molar-refractivity contribution in [3.8, 4) is 0 Å². The lowest BCUT2D eigenvalue weighted by Gasteiger charge is -2.58. The molecule has 9 atom stereocenters. The SMILES string of the molecule is CC(C)CCC[C@@H](C)[C@H]1CC[C@H]2[C@@H]3CC=C4C[C@@H](OCCCCCCCCCCCCOP(=O)([O-])OCC[N+](C)(C)C)CC[C@]4(C)[C@H]3CC[C@]12C. The summed E-state index contributed by atoms with van der Waals surface area (Å²) >= 11 is 0. The normalized spacial score (nSPS) is 32.6. The first kappa shape index (κ1) is 43.5. The molecule has 7 heteroatoms. The van der Waals surface area contributed by atoms with Gasteiger partial charge in [0, 0.05) is 6.61 Å². The van der Waals surface area contributed by atoms with E-state index < -0.39 is 7.82 Å². The number of unbranched alkanes of at least 4 members (excludes halogenated alkanes) is 9. The molecule has 3 saturated carbocycles. The minimum Gasteiger partial charge on any atom is -0.756 e. The summed E-state index contributed by atoms with van der Waals surface area (Å²) in [5.74, 6) is 5.43. The first-order valence-corrected chi connectivity index (χ1v) is 23.3. The van der Waals surface area contributed by atoms with Gasteiger partial charge in [0.1, 0.15) is 13.2 Å². The number of allylic oxidation sites excluding steroid dienone is 1. The summed E-state index contributed by atoms with van der Waals surface area (Å²) in [6.45, 7) is 14.7. The number of hydrogen-bond acceptors (Lipinski definition) is 5. The average Bonchev–Trinajstić information content (AvgIpc) is 3.41. The molecule has 0 radical (unpaired) electrons. The molecule has 3 fully saturated rings. The second-order valence-electron chi connectivity index (χ2n) is 19.7.